The Morgan fingerprint density at radius 3 is 2.00 bits per heavy atom. The minimum Gasteiger partial charge on any atom is -0.480 e. The number of carboxylic acids is 1. The van der Waals surface area contributed by atoms with Crippen LogP contribution in [-0.2, 0) is 14.4 Å². The molecule has 0 radical (unpaired) electrons. The van der Waals surface area contributed by atoms with Crippen LogP contribution in [0.2, 0.25) is 0 Å². The summed E-state index contributed by atoms with van der Waals surface area (Å²) in [6.07, 6.45) is 3.14. The molecule has 36 heavy (non-hydrogen) atoms. The van der Waals surface area contributed by atoms with Crippen LogP contribution >= 0.6 is 31.9 Å². The third-order valence-electron chi connectivity index (χ3n) is 7.16. The van der Waals surface area contributed by atoms with Crippen molar-refractivity contribution in [1.82, 2.24) is 4.90 Å². The van der Waals surface area contributed by atoms with E-state index >= 15 is 0 Å². The van der Waals surface area contributed by atoms with Crippen LogP contribution in [-0.4, -0.2) is 40.7 Å². The van der Waals surface area contributed by atoms with Crippen molar-refractivity contribution >= 4 is 49.4 Å². The molecule has 0 saturated carbocycles. The molecule has 194 valence electrons. The van der Waals surface area contributed by atoms with Crippen molar-refractivity contribution in [2.45, 2.75) is 72.6 Å². The minimum atomic E-state index is -1.10. The van der Waals surface area contributed by atoms with Crippen molar-refractivity contribution < 1.29 is 24.2 Å². The van der Waals surface area contributed by atoms with Gasteiger partial charge in [-0.1, -0.05) is 50.5 Å². The van der Waals surface area contributed by atoms with Crippen LogP contribution in [0.5, 0.6) is 5.75 Å². The highest BCUT2D eigenvalue weighted by Crippen LogP contribution is 2.56. The van der Waals surface area contributed by atoms with Gasteiger partial charge in [-0.05, 0) is 58.2 Å². The van der Waals surface area contributed by atoms with Gasteiger partial charge in [0.2, 0.25) is 0 Å². The highest BCUT2D eigenvalue weighted by atomic mass is 79.9. The zero-order valence-corrected chi connectivity index (χ0v) is 24.6. The van der Waals surface area contributed by atoms with Crippen molar-refractivity contribution in [3.63, 3.8) is 0 Å². The number of benzene rings is 1. The molecule has 0 unspecified atom stereocenters. The molecular formula is C28H33Br2NO5. The van der Waals surface area contributed by atoms with Gasteiger partial charge >= 0.3 is 5.97 Å². The Bertz CT molecular complexity index is 1160. The van der Waals surface area contributed by atoms with Crippen molar-refractivity contribution in [3.05, 3.63) is 49.2 Å². The smallest absolute Gasteiger partial charge is 0.341 e. The quantitative estimate of drug-likeness (QED) is 0.377. The fourth-order valence-electron chi connectivity index (χ4n) is 5.93. The first-order valence-electron chi connectivity index (χ1n) is 12.4. The van der Waals surface area contributed by atoms with E-state index < -0.39 is 18.5 Å². The summed E-state index contributed by atoms with van der Waals surface area (Å²) in [7, 11) is 0. The monoisotopic (exact) mass is 621 g/mol. The number of halogens is 2. The molecule has 8 heteroatoms. The number of hydrogen-bond acceptors (Lipinski definition) is 5. The highest BCUT2D eigenvalue weighted by molar-refractivity contribution is 9.11. The Hall–Kier alpha value is -1.93. The second-order valence-corrected chi connectivity index (χ2v) is 13.4. The van der Waals surface area contributed by atoms with E-state index in [1.807, 2.05) is 6.07 Å². The molecule has 0 aromatic heterocycles. The fraction of sp³-hybridized carbons (Fsp3) is 0.536. The molecule has 1 heterocycles. The largest absolute Gasteiger partial charge is 0.480 e. The van der Waals surface area contributed by atoms with Crippen LogP contribution < -0.4 is 4.74 Å². The molecular weight excluding hydrogens is 590 g/mol. The fourth-order valence-corrected chi connectivity index (χ4v) is 7.31. The second-order valence-electron chi connectivity index (χ2n) is 11.7. The third kappa shape index (κ3) is 5.08. The van der Waals surface area contributed by atoms with E-state index in [0.29, 0.717) is 39.8 Å². The predicted octanol–water partition coefficient (Wildman–Crippen LogP) is 6.77. The van der Waals surface area contributed by atoms with Gasteiger partial charge in [0.05, 0.1) is 4.47 Å². The van der Waals surface area contributed by atoms with Crippen LogP contribution in [0.4, 0.5) is 0 Å². The van der Waals surface area contributed by atoms with Crippen molar-refractivity contribution in [2.24, 2.45) is 10.8 Å². The van der Waals surface area contributed by atoms with Gasteiger partial charge in [0.25, 0.3) is 0 Å². The lowest BCUT2D eigenvalue weighted by atomic mass is 9.63. The zero-order valence-electron chi connectivity index (χ0n) is 21.5. The number of carbonyl (C=O) groups is 3. The normalized spacial score (nSPS) is 21.5. The number of nitrogens with zero attached hydrogens (tertiary/aromatic N) is 1. The summed E-state index contributed by atoms with van der Waals surface area (Å²) < 4.78 is 7.09. The number of allylic oxidation sites excluding steroid dienone is 4. The maximum absolute atomic E-state index is 13.9. The molecule has 0 bridgehead atoms. The lowest BCUT2D eigenvalue weighted by Gasteiger charge is -2.49. The first kappa shape index (κ1) is 27.1. The molecule has 0 saturated heterocycles. The second kappa shape index (κ2) is 9.75. The molecule has 3 aliphatic rings. The molecule has 0 fully saturated rings. The van der Waals surface area contributed by atoms with Crippen molar-refractivity contribution in [2.75, 3.05) is 13.2 Å². The molecule has 0 amide bonds. The van der Waals surface area contributed by atoms with Gasteiger partial charge in [0.1, 0.15) is 5.75 Å². The number of Topliss-reactive ketones (excluding diaryl/α,β-unsaturated/α-hetero) is 2. The first-order chi connectivity index (χ1) is 16.7. The van der Waals surface area contributed by atoms with Gasteiger partial charge in [-0.15, -0.1) is 0 Å². The maximum atomic E-state index is 13.9. The Balaban J connectivity index is 2.04. The van der Waals surface area contributed by atoms with E-state index in [1.165, 1.54) is 0 Å². The van der Waals surface area contributed by atoms with Gasteiger partial charge in [0, 0.05) is 57.9 Å². The zero-order chi connectivity index (χ0) is 26.6. The number of carboxylic acid groups (broad SMARTS) is 1. The Morgan fingerprint density at radius 2 is 1.53 bits per heavy atom. The Morgan fingerprint density at radius 1 is 1.00 bits per heavy atom. The number of carbonyl (C=O) groups excluding carboxylic acids is 2. The lowest BCUT2D eigenvalue weighted by Crippen LogP contribution is -2.44. The molecule has 1 N–H and O–H groups in total. The Kier molecular flexibility index (Phi) is 7.34. The highest BCUT2D eigenvalue weighted by Gasteiger charge is 2.49. The van der Waals surface area contributed by atoms with Gasteiger partial charge in [0.15, 0.2) is 18.2 Å². The van der Waals surface area contributed by atoms with Gasteiger partial charge in [-0.3, -0.25) is 9.59 Å². The average Bonchev–Trinajstić information content (AvgIpc) is 2.71. The summed E-state index contributed by atoms with van der Waals surface area (Å²) in [4.78, 5) is 41.3. The molecule has 2 aliphatic carbocycles. The summed E-state index contributed by atoms with van der Waals surface area (Å²) in [5.41, 5.74) is 3.54. The molecule has 1 aromatic rings. The third-order valence-corrected chi connectivity index (χ3v) is 8.20. The Labute approximate surface area is 229 Å². The van der Waals surface area contributed by atoms with E-state index in [-0.39, 0.29) is 22.4 Å². The molecule has 6 nitrogen and oxygen atoms in total. The van der Waals surface area contributed by atoms with E-state index in [4.69, 9.17) is 4.74 Å². The molecule has 0 atom stereocenters. The SMILES string of the molecule is CCCN1C2=C(C(=O)CC(C)(C)C2)C(c2cc(Br)cc(Br)c2OCC(=O)O)C2=C1CC(C)(C)CC2=O. The minimum absolute atomic E-state index is 0.0387. The predicted molar refractivity (Wildman–Crippen MR) is 145 cm³/mol. The van der Waals surface area contributed by atoms with Crippen LogP contribution in [0.1, 0.15) is 78.2 Å². The van der Waals surface area contributed by atoms with Gasteiger partial charge < -0.3 is 14.7 Å². The molecule has 1 aliphatic heterocycles. The van der Waals surface area contributed by atoms with E-state index in [9.17, 15) is 19.5 Å². The van der Waals surface area contributed by atoms with Crippen LogP contribution in [0, 0.1) is 10.8 Å². The van der Waals surface area contributed by atoms with Crippen molar-refractivity contribution in [1.29, 1.82) is 0 Å². The summed E-state index contributed by atoms with van der Waals surface area (Å²) in [6.45, 7) is 10.8. The van der Waals surface area contributed by atoms with Crippen LogP contribution in [0.25, 0.3) is 0 Å². The number of rotatable bonds is 6. The number of aliphatic carboxylic acids is 1. The van der Waals surface area contributed by atoms with Crippen LogP contribution in [0.15, 0.2) is 43.6 Å². The summed E-state index contributed by atoms with van der Waals surface area (Å²) >= 11 is 7.09. The number of ketones is 2. The first-order valence-corrected chi connectivity index (χ1v) is 14.0. The molecule has 1 aromatic carbocycles. The summed E-state index contributed by atoms with van der Waals surface area (Å²) in [5.74, 6) is -1.27. The topological polar surface area (TPSA) is 83.9 Å². The standard InChI is InChI=1S/C28H33Br2NO5/c1-6-7-31-18-10-27(2,3)12-20(32)24(18)23(25-19(31)11-28(4,5)13-21(25)33)16-8-15(29)9-17(30)26(16)36-14-22(34)35/h8-9,23H,6-7,10-14H2,1-5H3,(H,34,35). The molecule has 0 spiro atoms. The summed E-state index contributed by atoms with van der Waals surface area (Å²) in [6, 6.07) is 3.65. The number of ether oxygens (including phenoxy) is 1. The van der Waals surface area contributed by atoms with Gasteiger partial charge in [-0.25, -0.2) is 4.79 Å². The van der Waals surface area contributed by atoms with E-state index in [0.717, 1.165) is 41.7 Å². The average molecular weight is 623 g/mol. The van der Waals surface area contributed by atoms with Gasteiger partial charge in [-0.2, -0.15) is 0 Å². The lowest BCUT2D eigenvalue weighted by molar-refractivity contribution is -0.139. The van der Waals surface area contributed by atoms with Crippen LogP contribution in [0.3, 0.4) is 0 Å². The summed E-state index contributed by atoms with van der Waals surface area (Å²) in [5, 5.41) is 9.31. The number of hydrogen-bond donors (Lipinski definition) is 1. The van der Waals surface area contributed by atoms with E-state index in [1.54, 1.807) is 6.07 Å². The van der Waals surface area contributed by atoms with E-state index in [2.05, 4.69) is 71.4 Å². The maximum Gasteiger partial charge on any atom is 0.341 e. The van der Waals surface area contributed by atoms with Crippen molar-refractivity contribution in [3.8, 4) is 5.75 Å². The molecule has 4 rings (SSSR count).